The fraction of sp³-hybridized carbons (Fsp3) is 0.444. The molecule has 6 heteroatoms. The quantitative estimate of drug-likeness (QED) is 0.343. The Labute approximate surface area is 101 Å². The minimum atomic E-state index is 0.562. The van der Waals surface area contributed by atoms with Crippen LogP contribution in [0.25, 0.3) is 0 Å². The Morgan fingerprint density at radius 2 is 2.47 bits per heavy atom. The minimum absolute atomic E-state index is 0.562. The average Bonchev–Trinajstić information content (AvgIpc) is 2.96. The van der Waals surface area contributed by atoms with Crippen molar-refractivity contribution in [2.45, 2.75) is 25.4 Å². The average molecular weight is 289 g/mol. The van der Waals surface area contributed by atoms with Crippen molar-refractivity contribution in [3.63, 3.8) is 0 Å². The van der Waals surface area contributed by atoms with Gasteiger partial charge in [-0.15, -0.1) is 11.3 Å². The third-order valence-electron chi connectivity index (χ3n) is 2.13. The van der Waals surface area contributed by atoms with E-state index in [0.717, 1.165) is 4.47 Å². The van der Waals surface area contributed by atoms with Crippen molar-refractivity contribution in [1.29, 1.82) is 0 Å². The summed E-state index contributed by atoms with van der Waals surface area (Å²) in [5.74, 6) is 6.05. The molecule has 1 fully saturated rings. The van der Waals surface area contributed by atoms with Gasteiger partial charge in [-0.25, -0.2) is 10.8 Å². The standard InChI is InChI=1S/C9H13BrN4S/c10-7-3-4-15-8(7)5-12-9(14-11)13-6-1-2-6/h3-4,6H,1-2,5,11H2,(H2,12,13,14). The molecular formula is C9H13BrN4S. The van der Waals surface area contributed by atoms with E-state index in [2.05, 4.69) is 31.7 Å². The van der Waals surface area contributed by atoms with Crippen LogP contribution < -0.4 is 16.6 Å². The normalized spacial score (nSPS) is 16.5. The van der Waals surface area contributed by atoms with Crippen LogP contribution in [0.5, 0.6) is 0 Å². The van der Waals surface area contributed by atoms with E-state index in [9.17, 15) is 0 Å². The first-order valence-electron chi connectivity index (χ1n) is 4.79. The predicted octanol–water partition coefficient (Wildman–Crippen LogP) is 1.58. The van der Waals surface area contributed by atoms with Gasteiger partial charge in [-0.2, -0.15) is 0 Å². The highest BCUT2D eigenvalue weighted by molar-refractivity contribution is 9.10. The number of nitrogens with two attached hydrogens (primary N) is 1. The van der Waals surface area contributed by atoms with Gasteiger partial charge in [0, 0.05) is 15.4 Å². The van der Waals surface area contributed by atoms with E-state index in [1.165, 1.54) is 17.7 Å². The fourth-order valence-corrected chi connectivity index (χ4v) is 2.54. The van der Waals surface area contributed by atoms with Gasteiger partial charge in [0.15, 0.2) is 0 Å². The van der Waals surface area contributed by atoms with Crippen molar-refractivity contribution in [1.82, 2.24) is 10.7 Å². The Morgan fingerprint density at radius 3 is 3.00 bits per heavy atom. The van der Waals surface area contributed by atoms with E-state index < -0.39 is 0 Å². The molecule has 1 aromatic rings. The van der Waals surface area contributed by atoms with Crippen LogP contribution in [0.4, 0.5) is 0 Å². The lowest BCUT2D eigenvalue weighted by atomic mass is 10.5. The van der Waals surface area contributed by atoms with Gasteiger partial charge < -0.3 is 5.32 Å². The van der Waals surface area contributed by atoms with Crippen LogP contribution in [0.15, 0.2) is 20.9 Å². The largest absolute Gasteiger partial charge is 0.353 e. The van der Waals surface area contributed by atoms with Crippen molar-refractivity contribution in [2.75, 3.05) is 0 Å². The molecule has 0 aliphatic heterocycles. The molecule has 2 rings (SSSR count). The molecule has 1 saturated carbocycles. The van der Waals surface area contributed by atoms with Crippen LogP contribution >= 0.6 is 27.3 Å². The fourth-order valence-electron chi connectivity index (χ4n) is 1.14. The highest BCUT2D eigenvalue weighted by Crippen LogP contribution is 2.23. The maximum Gasteiger partial charge on any atom is 0.206 e. The zero-order chi connectivity index (χ0) is 10.7. The molecule has 0 amide bonds. The number of halogens is 1. The van der Waals surface area contributed by atoms with E-state index in [4.69, 9.17) is 5.84 Å². The lowest BCUT2D eigenvalue weighted by molar-refractivity contribution is 0.822. The smallest absolute Gasteiger partial charge is 0.206 e. The van der Waals surface area contributed by atoms with Crippen LogP contribution in [-0.2, 0) is 6.54 Å². The first kappa shape index (κ1) is 10.9. The molecule has 0 bridgehead atoms. The molecule has 0 atom stereocenters. The van der Waals surface area contributed by atoms with E-state index in [0.29, 0.717) is 18.5 Å². The molecule has 1 aliphatic rings. The van der Waals surface area contributed by atoms with Gasteiger partial charge in [0.05, 0.1) is 6.54 Å². The summed E-state index contributed by atoms with van der Waals surface area (Å²) < 4.78 is 1.11. The maximum absolute atomic E-state index is 5.37. The Balaban J connectivity index is 1.92. The number of hydrazine groups is 1. The maximum atomic E-state index is 5.37. The monoisotopic (exact) mass is 288 g/mol. The summed E-state index contributed by atoms with van der Waals surface area (Å²) in [5, 5.41) is 5.27. The SMILES string of the molecule is NNC(=NCc1sccc1Br)NC1CC1. The first-order valence-corrected chi connectivity index (χ1v) is 6.46. The second kappa shape index (κ2) is 4.96. The number of nitrogens with zero attached hydrogens (tertiary/aromatic N) is 1. The molecule has 0 aromatic carbocycles. The predicted molar refractivity (Wildman–Crippen MR) is 66.6 cm³/mol. The molecule has 4 nitrogen and oxygen atoms in total. The molecule has 15 heavy (non-hydrogen) atoms. The lowest BCUT2D eigenvalue weighted by Crippen LogP contribution is -2.42. The molecule has 0 radical (unpaired) electrons. The van der Waals surface area contributed by atoms with Gasteiger partial charge in [-0.3, -0.25) is 5.43 Å². The van der Waals surface area contributed by atoms with E-state index in [1.807, 2.05) is 11.4 Å². The minimum Gasteiger partial charge on any atom is -0.353 e. The number of rotatable bonds is 3. The molecule has 0 saturated heterocycles. The highest BCUT2D eigenvalue weighted by Gasteiger charge is 2.21. The summed E-state index contributed by atoms with van der Waals surface area (Å²) in [5.41, 5.74) is 2.58. The highest BCUT2D eigenvalue weighted by atomic mass is 79.9. The second-order valence-corrected chi connectivity index (χ2v) is 5.27. The van der Waals surface area contributed by atoms with Crippen molar-refractivity contribution in [3.8, 4) is 0 Å². The Hall–Kier alpha value is -0.590. The zero-order valence-corrected chi connectivity index (χ0v) is 10.6. The third-order valence-corrected chi connectivity index (χ3v) is 4.04. The number of thiophene rings is 1. The summed E-state index contributed by atoms with van der Waals surface area (Å²) in [7, 11) is 0. The van der Waals surface area contributed by atoms with Crippen molar-refractivity contribution in [2.24, 2.45) is 10.8 Å². The Morgan fingerprint density at radius 1 is 1.67 bits per heavy atom. The van der Waals surface area contributed by atoms with Gasteiger partial charge in [-0.05, 0) is 40.2 Å². The molecule has 1 aromatic heterocycles. The van der Waals surface area contributed by atoms with E-state index in [-0.39, 0.29) is 0 Å². The van der Waals surface area contributed by atoms with Crippen molar-refractivity contribution < 1.29 is 0 Å². The van der Waals surface area contributed by atoms with Gasteiger partial charge in [0.1, 0.15) is 0 Å². The first-order chi connectivity index (χ1) is 7.29. The molecule has 0 spiro atoms. The second-order valence-electron chi connectivity index (χ2n) is 3.42. The van der Waals surface area contributed by atoms with E-state index >= 15 is 0 Å². The number of nitrogens with one attached hydrogen (secondary N) is 2. The summed E-state index contributed by atoms with van der Waals surface area (Å²) in [4.78, 5) is 5.58. The molecule has 1 heterocycles. The number of hydrogen-bond donors (Lipinski definition) is 3. The summed E-state index contributed by atoms with van der Waals surface area (Å²) >= 11 is 5.16. The van der Waals surface area contributed by atoms with Gasteiger partial charge in [-0.1, -0.05) is 0 Å². The Bertz CT molecular complexity index is 359. The molecule has 0 unspecified atom stereocenters. The van der Waals surface area contributed by atoms with Gasteiger partial charge in [0.2, 0.25) is 5.96 Å². The zero-order valence-electron chi connectivity index (χ0n) is 8.16. The van der Waals surface area contributed by atoms with Crippen molar-refractivity contribution in [3.05, 3.63) is 20.8 Å². The summed E-state index contributed by atoms with van der Waals surface area (Å²) in [6.45, 7) is 0.650. The lowest BCUT2D eigenvalue weighted by Gasteiger charge is -2.06. The van der Waals surface area contributed by atoms with Crippen molar-refractivity contribution >= 4 is 33.2 Å². The van der Waals surface area contributed by atoms with Crippen LogP contribution in [0.1, 0.15) is 17.7 Å². The molecular weight excluding hydrogens is 276 g/mol. The number of aliphatic imine (C=N–C) groups is 1. The number of guanidine groups is 1. The molecule has 1 aliphatic carbocycles. The number of hydrogen-bond acceptors (Lipinski definition) is 3. The Kier molecular flexibility index (Phi) is 3.61. The van der Waals surface area contributed by atoms with Gasteiger partial charge in [0.25, 0.3) is 0 Å². The van der Waals surface area contributed by atoms with E-state index in [1.54, 1.807) is 11.3 Å². The molecule has 82 valence electrons. The molecule has 4 N–H and O–H groups in total. The van der Waals surface area contributed by atoms with Crippen LogP contribution in [0, 0.1) is 0 Å². The van der Waals surface area contributed by atoms with Crippen LogP contribution in [-0.4, -0.2) is 12.0 Å². The van der Waals surface area contributed by atoms with Crippen LogP contribution in [0.3, 0.4) is 0 Å². The summed E-state index contributed by atoms with van der Waals surface area (Å²) in [6, 6.07) is 2.59. The topological polar surface area (TPSA) is 62.4 Å². The third kappa shape index (κ3) is 3.19. The van der Waals surface area contributed by atoms with Crippen LogP contribution in [0.2, 0.25) is 0 Å². The van der Waals surface area contributed by atoms with Gasteiger partial charge >= 0.3 is 0 Å². The summed E-state index contributed by atoms with van der Waals surface area (Å²) in [6.07, 6.45) is 2.42.